The molecular weight excluding hydrogens is 378 g/mol. The lowest BCUT2D eigenvalue weighted by molar-refractivity contribution is -0.139. The van der Waals surface area contributed by atoms with Crippen LogP contribution in [0.1, 0.15) is 23.6 Å². The number of H-pyrrole nitrogens is 1. The Bertz CT molecular complexity index is 1110. The first-order valence-electron chi connectivity index (χ1n) is 10.0. The van der Waals surface area contributed by atoms with Gasteiger partial charge >= 0.3 is 0 Å². The molecule has 2 aromatic carbocycles. The van der Waals surface area contributed by atoms with Crippen molar-refractivity contribution in [2.75, 3.05) is 27.2 Å². The van der Waals surface area contributed by atoms with Gasteiger partial charge in [-0.25, -0.2) is 0 Å². The summed E-state index contributed by atoms with van der Waals surface area (Å²) in [4.78, 5) is 32.7. The molecule has 6 nitrogen and oxygen atoms in total. The Kier molecular flexibility index (Phi) is 5.42. The molecule has 1 amide bonds. The van der Waals surface area contributed by atoms with E-state index >= 15 is 0 Å². The van der Waals surface area contributed by atoms with Crippen LogP contribution in [0.25, 0.3) is 16.7 Å². The summed E-state index contributed by atoms with van der Waals surface area (Å²) < 4.78 is 0. The number of fused-ring (bicyclic) bond motifs is 1. The predicted molar refractivity (Wildman–Crippen MR) is 117 cm³/mol. The maximum atomic E-state index is 13.0. The summed E-state index contributed by atoms with van der Waals surface area (Å²) in [5.41, 5.74) is 2.33. The van der Waals surface area contributed by atoms with Gasteiger partial charge in [-0.05, 0) is 38.7 Å². The van der Waals surface area contributed by atoms with Gasteiger partial charge in [0.1, 0.15) is 5.76 Å². The fourth-order valence-electron chi connectivity index (χ4n) is 4.06. The largest absolute Gasteiger partial charge is 0.507 e. The molecule has 0 saturated carbocycles. The summed E-state index contributed by atoms with van der Waals surface area (Å²) in [6, 6.07) is 16.4. The van der Waals surface area contributed by atoms with Crippen LogP contribution in [0.4, 0.5) is 0 Å². The number of ketones is 1. The predicted octanol–water partition coefficient (Wildman–Crippen LogP) is 3.54. The molecule has 0 unspecified atom stereocenters. The molecule has 0 spiro atoms. The van der Waals surface area contributed by atoms with Crippen LogP contribution < -0.4 is 0 Å². The highest BCUT2D eigenvalue weighted by Crippen LogP contribution is 2.40. The molecular formula is C24H25N3O3. The molecule has 3 aromatic rings. The summed E-state index contributed by atoms with van der Waals surface area (Å²) in [7, 11) is 3.94. The first kappa shape index (κ1) is 19.9. The minimum Gasteiger partial charge on any atom is -0.507 e. The van der Waals surface area contributed by atoms with Gasteiger partial charge in [0.15, 0.2) is 0 Å². The van der Waals surface area contributed by atoms with E-state index in [2.05, 4.69) is 4.98 Å². The molecule has 2 heterocycles. The number of aliphatic hydroxyl groups excluding tert-OH is 1. The summed E-state index contributed by atoms with van der Waals surface area (Å²) in [6.07, 6.45) is 2.41. The second kappa shape index (κ2) is 8.16. The van der Waals surface area contributed by atoms with Crippen molar-refractivity contribution in [1.82, 2.24) is 14.8 Å². The SMILES string of the molecule is CN(C)CCCN1C(=O)C(=O)/C(=C(/O)c2c[nH]c3ccccc23)[C@@H]1c1ccccc1. The first-order chi connectivity index (χ1) is 14.5. The van der Waals surface area contributed by atoms with Crippen LogP contribution in [-0.4, -0.2) is 58.8 Å². The second-order valence-electron chi connectivity index (χ2n) is 7.81. The van der Waals surface area contributed by atoms with E-state index < -0.39 is 17.7 Å². The van der Waals surface area contributed by atoms with E-state index in [1.54, 1.807) is 11.1 Å². The molecule has 1 fully saturated rings. The highest BCUT2D eigenvalue weighted by Gasteiger charge is 2.45. The molecule has 1 aromatic heterocycles. The molecule has 1 aliphatic heterocycles. The fourth-order valence-corrected chi connectivity index (χ4v) is 4.06. The van der Waals surface area contributed by atoms with Crippen molar-refractivity contribution in [1.29, 1.82) is 0 Å². The smallest absolute Gasteiger partial charge is 0.295 e. The van der Waals surface area contributed by atoms with Crippen LogP contribution in [0.5, 0.6) is 0 Å². The maximum Gasteiger partial charge on any atom is 0.295 e. The van der Waals surface area contributed by atoms with Crippen molar-refractivity contribution < 1.29 is 14.7 Å². The first-order valence-corrected chi connectivity index (χ1v) is 10.0. The maximum absolute atomic E-state index is 13.0. The van der Waals surface area contributed by atoms with Crippen LogP contribution in [0.2, 0.25) is 0 Å². The lowest BCUT2D eigenvalue weighted by atomic mass is 9.95. The molecule has 154 valence electrons. The minimum atomic E-state index is -0.642. The number of aliphatic hydroxyl groups is 1. The summed E-state index contributed by atoms with van der Waals surface area (Å²) >= 11 is 0. The van der Waals surface area contributed by atoms with Crippen molar-refractivity contribution in [3.05, 3.63) is 77.5 Å². The number of hydrogen-bond donors (Lipinski definition) is 2. The zero-order chi connectivity index (χ0) is 21.3. The summed E-state index contributed by atoms with van der Waals surface area (Å²) in [6.45, 7) is 1.24. The average Bonchev–Trinajstić information content (AvgIpc) is 3.28. The van der Waals surface area contributed by atoms with Gasteiger partial charge in [0.25, 0.3) is 11.7 Å². The zero-order valence-corrected chi connectivity index (χ0v) is 17.1. The number of carbonyl (C=O) groups excluding carboxylic acids is 2. The fraction of sp³-hybridized carbons (Fsp3) is 0.250. The van der Waals surface area contributed by atoms with E-state index in [1.807, 2.05) is 73.6 Å². The Balaban J connectivity index is 1.83. The molecule has 1 atom stereocenters. The Morgan fingerprint density at radius 1 is 1.07 bits per heavy atom. The van der Waals surface area contributed by atoms with Gasteiger partial charge in [-0.2, -0.15) is 0 Å². The van der Waals surface area contributed by atoms with Gasteiger partial charge in [-0.1, -0.05) is 48.5 Å². The third kappa shape index (κ3) is 3.50. The number of hydrogen-bond acceptors (Lipinski definition) is 4. The van der Waals surface area contributed by atoms with E-state index in [4.69, 9.17) is 0 Å². The number of aromatic nitrogens is 1. The van der Waals surface area contributed by atoms with Crippen LogP contribution >= 0.6 is 0 Å². The number of amides is 1. The lowest BCUT2D eigenvalue weighted by Crippen LogP contribution is -2.32. The Morgan fingerprint density at radius 2 is 1.77 bits per heavy atom. The minimum absolute atomic E-state index is 0.140. The lowest BCUT2D eigenvalue weighted by Gasteiger charge is -2.25. The van der Waals surface area contributed by atoms with Gasteiger partial charge in [-0.3, -0.25) is 9.59 Å². The van der Waals surface area contributed by atoms with E-state index in [1.165, 1.54) is 0 Å². The molecule has 30 heavy (non-hydrogen) atoms. The molecule has 1 aliphatic rings. The highest BCUT2D eigenvalue weighted by atomic mass is 16.3. The molecule has 0 aliphatic carbocycles. The van der Waals surface area contributed by atoms with Gasteiger partial charge in [0.05, 0.1) is 11.6 Å². The van der Waals surface area contributed by atoms with Crippen LogP contribution in [0.3, 0.4) is 0 Å². The van der Waals surface area contributed by atoms with Crippen molar-refractivity contribution >= 4 is 28.4 Å². The topological polar surface area (TPSA) is 76.6 Å². The number of likely N-dealkylation sites (tertiary alicyclic amines) is 1. The van der Waals surface area contributed by atoms with Crippen molar-refractivity contribution in [3.63, 3.8) is 0 Å². The zero-order valence-electron chi connectivity index (χ0n) is 17.1. The molecule has 4 rings (SSSR count). The summed E-state index contributed by atoms with van der Waals surface area (Å²) in [5.74, 6) is -1.35. The van der Waals surface area contributed by atoms with Gasteiger partial charge in [-0.15, -0.1) is 0 Å². The third-order valence-electron chi connectivity index (χ3n) is 5.50. The second-order valence-corrected chi connectivity index (χ2v) is 7.81. The number of nitrogens with one attached hydrogen (secondary N) is 1. The highest BCUT2D eigenvalue weighted by molar-refractivity contribution is 6.46. The Morgan fingerprint density at radius 3 is 2.50 bits per heavy atom. The number of Topliss-reactive ketones (excluding diaryl/α,β-unsaturated/α-hetero) is 1. The third-order valence-corrected chi connectivity index (χ3v) is 5.50. The quantitative estimate of drug-likeness (QED) is 0.375. The van der Waals surface area contributed by atoms with Crippen molar-refractivity contribution in [3.8, 4) is 0 Å². The monoisotopic (exact) mass is 403 g/mol. The van der Waals surface area contributed by atoms with E-state index in [-0.39, 0.29) is 11.3 Å². The van der Waals surface area contributed by atoms with E-state index in [9.17, 15) is 14.7 Å². The average molecular weight is 403 g/mol. The normalized spacial score (nSPS) is 18.6. The molecule has 0 bridgehead atoms. The van der Waals surface area contributed by atoms with Gasteiger partial charge in [0, 0.05) is 29.2 Å². The van der Waals surface area contributed by atoms with E-state index in [0.717, 1.165) is 29.4 Å². The Labute approximate surface area is 175 Å². The van der Waals surface area contributed by atoms with Gasteiger partial charge < -0.3 is 19.9 Å². The molecule has 1 saturated heterocycles. The number of nitrogens with zero attached hydrogens (tertiary/aromatic N) is 2. The van der Waals surface area contributed by atoms with Crippen LogP contribution in [-0.2, 0) is 9.59 Å². The van der Waals surface area contributed by atoms with Crippen LogP contribution in [0, 0.1) is 0 Å². The standard InChI is InChI=1S/C24H25N3O3/c1-26(2)13-8-14-27-21(16-9-4-3-5-10-16)20(23(29)24(27)30)22(28)18-15-25-19-12-7-6-11-17(18)19/h3-7,9-12,15,21,25,28H,8,13-14H2,1-2H3/b22-20+/t21-/m0/s1. The van der Waals surface area contributed by atoms with Crippen LogP contribution in [0.15, 0.2) is 66.4 Å². The molecule has 2 N–H and O–H groups in total. The summed E-state index contributed by atoms with van der Waals surface area (Å²) in [5, 5.41) is 12.0. The Hall–Kier alpha value is -3.38. The number of carbonyl (C=O) groups is 2. The molecule has 0 radical (unpaired) electrons. The number of benzene rings is 2. The number of para-hydroxylation sites is 1. The van der Waals surface area contributed by atoms with Crippen molar-refractivity contribution in [2.45, 2.75) is 12.5 Å². The van der Waals surface area contributed by atoms with Gasteiger partial charge in [0.2, 0.25) is 0 Å². The number of aromatic amines is 1. The van der Waals surface area contributed by atoms with Crippen molar-refractivity contribution in [2.24, 2.45) is 0 Å². The molecule has 6 heteroatoms. The number of rotatable bonds is 6. The van der Waals surface area contributed by atoms with E-state index in [0.29, 0.717) is 12.1 Å².